The number of hydrogen-bond acceptors (Lipinski definition) is 3. The van der Waals surface area contributed by atoms with Crippen molar-refractivity contribution in [1.82, 2.24) is 0 Å². The summed E-state index contributed by atoms with van der Waals surface area (Å²) in [6, 6.07) is 25.1. The minimum atomic E-state index is -0.520. The maximum absolute atomic E-state index is 13.7. The largest absolute Gasteiger partial charge is 0.366 e. The first kappa shape index (κ1) is 23.7. The van der Waals surface area contributed by atoms with Crippen LogP contribution in [0.4, 0.5) is 5.69 Å². The Morgan fingerprint density at radius 2 is 1.50 bits per heavy atom. The highest BCUT2D eigenvalue weighted by Gasteiger charge is 2.42. The number of ketones is 1. The number of primary amides is 1. The molecular formula is C31H30N2O3. The number of nitrogens with two attached hydrogens (primary N) is 1. The lowest BCUT2D eigenvalue weighted by Crippen LogP contribution is -2.41. The van der Waals surface area contributed by atoms with Crippen LogP contribution in [0, 0.1) is 0 Å². The van der Waals surface area contributed by atoms with E-state index in [9.17, 15) is 14.4 Å². The summed E-state index contributed by atoms with van der Waals surface area (Å²) in [7, 11) is 0. The fraction of sp³-hybridized carbons (Fsp3) is 0.258. The number of allylic oxidation sites excluding steroid dienone is 2. The van der Waals surface area contributed by atoms with Crippen molar-refractivity contribution in [2.24, 2.45) is 5.73 Å². The van der Waals surface area contributed by atoms with E-state index in [1.807, 2.05) is 30.3 Å². The molecule has 2 amide bonds. The van der Waals surface area contributed by atoms with Crippen molar-refractivity contribution in [3.63, 3.8) is 0 Å². The molecule has 0 saturated heterocycles. The molecule has 5 heteroatoms. The van der Waals surface area contributed by atoms with E-state index in [0.29, 0.717) is 30.0 Å². The Balaban J connectivity index is 1.61. The normalized spacial score (nSPS) is 20.0. The smallest absolute Gasteiger partial charge is 0.248 e. The Labute approximate surface area is 211 Å². The number of anilines is 1. The van der Waals surface area contributed by atoms with E-state index in [-0.39, 0.29) is 29.9 Å². The number of hydrogen-bond donors (Lipinski definition) is 1. The van der Waals surface area contributed by atoms with Gasteiger partial charge in [0.05, 0.1) is 0 Å². The van der Waals surface area contributed by atoms with Gasteiger partial charge in [-0.2, -0.15) is 0 Å². The summed E-state index contributed by atoms with van der Waals surface area (Å²) in [5.74, 6) is -0.343. The summed E-state index contributed by atoms with van der Waals surface area (Å²) in [6.07, 6.45) is 1.24. The third-order valence-electron chi connectivity index (χ3n) is 7.42. The van der Waals surface area contributed by atoms with Crippen LogP contribution in [0.15, 0.2) is 90.1 Å². The summed E-state index contributed by atoms with van der Waals surface area (Å²) >= 11 is 0. The molecule has 0 fully saturated rings. The third kappa shape index (κ3) is 4.37. The fourth-order valence-electron chi connectivity index (χ4n) is 5.47. The standard InChI is InChI=1S/C31H30N2O3/c1-19(2)20-8-10-22(11-9-20)26-18-29(35)33(25-14-12-23(13-15-25)31(32)36)27-16-24(17-28(34)30(26)27)21-6-4-3-5-7-21/h3-15,19,24,26H,16-18H2,1-2H3,(H2,32,36). The molecule has 182 valence electrons. The topological polar surface area (TPSA) is 80.5 Å². The van der Waals surface area contributed by atoms with E-state index in [0.717, 1.165) is 22.4 Å². The highest BCUT2D eigenvalue weighted by atomic mass is 16.2. The molecule has 1 aliphatic carbocycles. The lowest BCUT2D eigenvalue weighted by molar-refractivity contribution is -0.120. The number of carbonyl (C=O) groups is 3. The van der Waals surface area contributed by atoms with Crippen molar-refractivity contribution in [2.45, 2.75) is 50.9 Å². The van der Waals surface area contributed by atoms with Gasteiger partial charge < -0.3 is 5.73 Å². The second-order valence-electron chi connectivity index (χ2n) is 10.0. The summed E-state index contributed by atoms with van der Waals surface area (Å²) in [5, 5.41) is 0. The number of amides is 2. The van der Waals surface area contributed by atoms with Crippen LogP contribution >= 0.6 is 0 Å². The van der Waals surface area contributed by atoms with E-state index in [1.165, 1.54) is 5.56 Å². The molecular weight excluding hydrogens is 448 g/mol. The Morgan fingerprint density at radius 3 is 2.11 bits per heavy atom. The average Bonchev–Trinajstić information content (AvgIpc) is 2.88. The molecule has 0 saturated carbocycles. The van der Waals surface area contributed by atoms with Gasteiger partial charge in [0.25, 0.3) is 0 Å². The van der Waals surface area contributed by atoms with E-state index in [4.69, 9.17) is 5.73 Å². The summed E-state index contributed by atoms with van der Waals surface area (Å²) in [6.45, 7) is 4.30. The van der Waals surface area contributed by atoms with Gasteiger partial charge in [-0.1, -0.05) is 68.4 Å². The van der Waals surface area contributed by atoms with Crippen molar-refractivity contribution < 1.29 is 14.4 Å². The fourth-order valence-corrected chi connectivity index (χ4v) is 5.47. The zero-order valence-electron chi connectivity index (χ0n) is 20.6. The molecule has 0 radical (unpaired) electrons. The zero-order valence-corrected chi connectivity index (χ0v) is 20.6. The maximum atomic E-state index is 13.7. The maximum Gasteiger partial charge on any atom is 0.248 e. The van der Waals surface area contributed by atoms with Gasteiger partial charge in [-0.3, -0.25) is 19.3 Å². The number of nitrogens with zero attached hydrogens (tertiary/aromatic N) is 1. The molecule has 1 aliphatic heterocycles. The number of rotatable bonds is 5. The molecule has 0 spiro atoms. The molecule has 0 bridgehead atoms. The second kappa shape index (κ2) is 9.57. The van der Waals surface area contributed by atoms with E-state index in [1.54, 1.807) is 29.2 Å². The Kier molecular flexibility index (Phi) is 6.31. The van der Waals surface area contributed by atoms with Crippen molar-refractivity contribution in [1.29, 1.82) is 0 Å². The lowest BCUT2D eigenvalue weighted by Gasteiger charge is -2.40. The van der Waals surface area contributed by atoms with E-state index in [2.05, 4.69) is 38.1 Å². The van der Waals surface area contributed by atoms with Crippen LogP contribution in [0.1, 0.15) is 77.9 Å². The molecule has 5 nitrogen and oxygen atoms in total. The average molecular weight is 479 g/mol. The van der Waals surface area contributed by atoms with Crippen molar-refractivity contribution in [3.8, 4) is 0 Å². The first-order chi connectivity index (χ1) is 17.3. The molecule has 5 rings (SSSR count). The molecule has 2 N–H and O–H groups in total. The molecule has 2 unspecified atom stereocenters. The van der Waals surface area contributed by atoms with Crippen molar-refractivity contribution in [2.75, 3.05) is 4.90 Å². The third-order valence-corrected chi connectivity index (χ3v) is 7.42. The molecule has 2 atom stereocenters. The quantitative estimate of drug-likeness (QED) is 0.501. The van der Waals surface area contributed by atoms with Crippen LogP contribution in [0.2, 0.25) is 0 Å². The molecule has 3 aromatic carbocycles. The monoisotopic (exact) mass is 478 g/mol. The molecule has 0 aromatic heterocycles. The van der Waals surface area contributed by atoms with Gasteiger partial charge >= 0.3 is 0 Å². The Hall–Kier alpha value is -3.99. The van der Waals surface area contributed by atoms with Gasteiger partial charge in [0, 0.05) is 41.3 Å². The van der Waals surface area contributed by atoms with Gasteiger partial charge in [0.15, 0.2) is 5.78 Å². The van der Waals surface area contributed by atoms with Crippen LogP contribution in [-0.4, -0.2) is 17.6 Å². The molecule has 3 aromatic rings. The number of carbonyl (C=O) groups excluding carboxylic acids is 3. The van der Waals surface area contributed by atoms with Crippen LogP contribution in [-0.2, 0) is 9.59 Å². The van der Waals surface area contributed by atoms with E-state index < -0.39 is 5.91 Å². The second-order valence-corrected chi connectivity index (χ2v) is 10.0. The Morgan fingerprint density at radius 1 is 0.833 bits per heavy atom. The molecule has 36 heavy (non-hydrogen) atoms. The van der Waals surface area contributed by atoms with Crippen LogP contribution in [0.25, 0.3) is 0 Å². The highest BCUT2D eigenvalue weighted by Crippen LogP contribution is 2.47. The first-order valence-electron chi connectivity index (χ1n) is 12.5. The summed E-state index contributed by atoms with van der Waals surface area (Å²) < 4.78 is 0. The van der Waals surface area contributed by atoms with Gasteiger partial charge in [0.2, 0.25) is 11.8 Å². The van der Waals surface area contributed by atoms with Crippen LogP contribution in [0.5, 0.6) is 0 Å². The highest BCUT2D eigenvalue weighted by molar-refractivity contribution is 6.08. The predicted molar refractivity (Wildman–Crippen MR) is 141 cm³/mol. The lowest BCUT2D eigenvalue weighted by atomic mass is 9.72. The molecule has 2 aliphatic rings. The molecule has 1 heterocycles. The summed E-state index contributed by atoms with van der Waals surface area (Å²) in [5.41, 5.74) is 11.3. The van der Waals surface area contributed by atoms with Crippen molar-refractivity contribution >= 4 is 23.3 Å². The SMILES string of the molecule is CC(C)c1ccc(C2CC(=O)N(c3ccc(C(N)=O)cc3)C3=C2C(=O)CC(c2ccccc2)C3)cc1. The Bertz CT molecular complexity index is 1340. The van der Waals surface area contributed by atoms with Crippen molar-refractivity contribution in [3.05, 3.63) is 112 Å². The van der Waals surface area contributed by atoms with Gasteiger partial charge in [-0.05, 0) is 59.2 Å². The van der Waals surface area contributed by atoms with Gasteiger partial charge in [0.1, 0.15) is 0 Å². The van der Waals surface area contributed by atoms with Crippen LogP contribution < -0.4 is 10.6 Å². The van der Waals surface area contributed by atoms with Gasteiger partial charge in [-0.15, -0.1) is 0 Å². The number of Topliss-reactive ketones (excluding diaryl/α,β-unsaturated/α-hetero) is 1. The minimum Gasteiger partial charge on any atom is -0.366 e. The first-order valence-corrected chi connectivity index (χ1v) is 12.5. The van der Waals surface area contributed by atoms with Crippen LogP contribution in [0.3, 0.4) is 0 Å². The zero-order chi connectivity index (χ0) is 25.4. The minimum absolute atomic E-state index is 0.000269. The van der Waals surface area contributed by atoms with Gasteiger partial charge in [-0.25, -0.2) is 0 Å². The number of benzene rings is 3. The summed E-state index contributed by atoms with van der Waals surface area (Å²) in [4.78, 5) is 40.7. The van der Waals surface area contributed by atoms with E-state index >= 15 is 0 Å². The predicted octanol–water partition coefficient (Wildman–Crippen LogP) is 5.83.